The first kappa shape index (κ1) is 16.2. The highest BCUT2D eigenvalue weighted by Gasteiger charge is 2.12. The topological polar surface area (TPSA) is 18.5 Å². The smallest absolute Gasteiger partial charge is 0.238 e. The van der Waals surface area contributed by atoms with Gasteiger partial charge in [-0.1, -0.05) is 50.3 Å². The third-order valence-corrected chi connectivity index (χ3v) is 5.14. The van der Waals surface area contributed by atoms with Crippen molar-refractivity contribution < 1.29 is 9.16 Å². The van der Waals surface area contributed by atoms with E-state index in [1.807, 2.05) is 19.1 Å². The summed E-state index contributed by atoms with van der Waals surface area (Å²) in [7, 11) is -0.795. The van der Waals surface area contributed by atoms with Gasteiger partial charge in [0.05, 0.1) is 6.23 Å². The summed E-state index contributed by atoms with van der Waals surface area (Å²) in [5, 5.41) is 0. The van der Waals surface area contributed by atoms with Gasteiger partial charge in [-0.05, 0) is 30.5 Å². The molecule has 1 radical (unpaired) electrons. The Balaban J connectivity index is 2.40. The van der Waals surface area contributed by atoms with Crippen molar-refractivity contribution in [3.8, 4) is 0 Å². The van der Waals surface area contributed by atoms with E-state index in [-0.39, 0.29) is 0 Å². The standard InChI is InChI=1S/C16H25O2Si/c1-4-13-19(14-17-6-3)18-12-11-16-10-8-7-9-15(16)5-2/h5,7-10H,2,4,6,11-14H2,1,3H3. The lowest BCUT2D eigenvalue weighted by Gasteiger charge is -2.15. The van der Waals surface area contributed by atoms with Crippen molar-refractivity contribution in [1.29, 1.82) is 0 Å². The van der Waals surface area contributed by atoms with Crippen LogP contribution < -0.4 is 0 Å². The minimum Gasteiger partial charge on any atom is -0.414 e. The maximum Gasteiger partial charge on any atom is 0.238 e. The first-order valence-electron chi connectivity index (χ1n) is 7.07. The van der Waals surface area contributed by atoms with Crippen LogP contribution >= 0.6 is 0 Å². The fourth-order valence-corrected chi connectivity index (χ4v) is 3.70. The van der Waals surface area contributed by atoms with Crippen molar-refractivity contribution >= 4 is 15.1 Å². The van der Waals surface area contributed by atoms with Crippen LogP contribution in [0.3, 0.4) is 0 Å². The first-order chi connectivity index (χ1) is 9.31. The normalized spacial score (nSPS) is 10.9. The van der Waals surface area contributed by atoms with Gasteiger partial charge in [-0.2, -0.15) is 0 Å². The van der Waals surface area contributed by atoms with E-state index in [9.17, 15) is 0 Å². The fraction of sp³-hybridized carbons (Fsp3) is 0.500. The Morgan fingerprint density at radius 2 is 2.05 bits per heavy atom. The second-order valence-electron chi connectivity index (χ2n) is 4.43. The minimum absolute atomic E-state index is 0.778. The molecule has 0 N–H and O–H groups in total. The molecule has 1 aromatic rings. The van der Waals surface area contributed by atoms with E-state index >= 15 is 0 Å². The van der Waals surface area contributed by atoms with E-state index in [0.29, 0.717) is 0 Å². The van der Waals surface area contributed by atoms with Gasteiger partial charge in [-0.15, -0.1) is 0 Å². The van der Waals surface area contributed by atoms with Crippen LogP contribution in [0.1, 0.15) is 31.4 Å². The zero-order valence-electron chi connectivity index (χ0n) is 12.2. The van der Waals surface area contributed by atoms with Crippen molar-refractivity contribution in [2.75, 3.05) is 19.4 Å². The maximum absolute atomic E-state index is 6.03. The largest absolute Gasteiger partial charge is 0.414 e. The Hall–Kier alpha value is -0.903. The average molecular weight is 277 g/mol. The molecular weight excluding hydrogens is 252 g/mol. The van der Waals surface area contributed by atoms with E-state index in [0.717, 1.165) is 31.9 Å². The molecule has 0 aliphatic carbocycles. The molecule has 0 saturated heterocycles. The lowest BCUT2D eigenvalue weighted by atomic mass is 10.1. The Bertz CT molecular complexity index is 366. The molecule has 0 aliphatic rings. The Morgan fingerprint density at radius 1 is 1.26 bits per heavy atom. The molecule has 1 aromatic carbocycles. The number of hydrogen-bond donors (Lipinski definition) is 0. The van der Waals surface area contributed by atoms with Gasteiger partial charge in [0.25, 0.3) is 0 Å². The van der Waals surface area contributed by atoms with Crippen molar-refractivity contribution in [2.24, 2.45) is 0 Å². The van der Waals surface area contributed by atoms with E-state index in [2.05, 4.69) is 31.7 Å². The molecule has 3 heteroatoms. The van der Waals surface area contributed by atoms with Crippen LogP contribution in [0.4, 0.5) is 0 Å². The molecular formula is C16H25O2Si. The van der Waals surface area contributed by atoms with Gasteiger partial charge in [0.15, 0.2) is 0 Å². The fourth-order valence-electron chi connectivity index (χ4n) is 1.95. The summed E-state index contributed by atoms with van der Waals surface area (Å²) in [5.41, 5.74) is 2.52. The molecule has 1 rings (SSSR count). The summed E-state index contributed by atoms with van der Waals surface area (Å²) >= 11 is 0. The van der Waals surface area contributed by atoms with E-state index < -0.39 is 9.04 Å². The van der Waals surface area contributed by atoms with Gasteiger partial charge in [-0.3, -0.25) is 0 Å². The lowest BCUT2D eigenvalue weighted by molar-refractivity contribution is 0.171. The highest BCUT2D eigenvalue weighted by atomic mass is 28.3. The second kappa shape index (κ2) is 9.95. The van der Waals surface area contributed by atoms with Crippen LogP contribution in [-0.4, -0.2) is 28.5 Å². The van der Waals surface area contributed by atoms with Crippen molar-refractivity contribution in [1.82, 2.24) is 0 Å². The number of benzene rings is 1. The van der Waals surface area contributed by atoms with Crippen LogP contribution in [0.25, 0.3) is 6.08 Å². The predicted molar refractivity (Wildman–Crippen MR) is 83.5 cm³/mol. The molecule has 0 bridgehead atoms. The zero-order chi connectivity index (χ0) is 13.9. The molecule has 0 unspecified atom stereocenters. The van der Waals surface area contributed by atoms with Crippen LogP contribution in [0.5, 0.6) is 0 Å². The maximum atomic E-state index is 6.03. The van der Waals surface area contributed by atoms with Crippen LogP contribution in [-0.2, 0) is 15.6 Å². The molecule has 19 heavy (non-hydrogen) atoms. The Labute approximate surface area is 119 Å². The van der Waals surface area contributed by atoms with Gasteiger partial charge >= 0.3 is 0 Å². The molecule has 0 heterocycles. The number of hydrogen-bond acceptors (Lipinski definition) is 2. The number of rotatable bonds is 10. The molecule has 0 spiro atoms. The highest BCUT2D eigenvalue weighted by Crippen LogP contribution is 2.11. The summed E-state index contributed by atoms with van der Waals surface area (Å²) in [4.78, 5) is 0. The summed E-state index contributed by atoms with van der Waals surface area (Å²) in [6.07, 6.45) is 4.84. The van der Waals surface area contributed by atoms with E-state index in [1.165, 1.54) is 17.5 Å². The van der Waals surface area contributed by atoms with Crippen LogP contribution in [0, 0.1) is 0 Å². The Morgan fingerprint density at radius 3 is 2.74 bits per heavy atom. The van der Waals surface area contributed by atoms with E-state index in [1.54, 1.807) is 0 Å². The monoisotopic (exact) mass is 277 g/mol. The van der Waals surface area contributed by atoms with Gasteiger partial charge < -0.3 is 9.16 Å². The van der Waals surface area contributed by atoms with E-state index in [4.69, 9.17) is 9.16 Å². The SMILES string of the molecule is C=Cc1ccccc1CCO[Si](CCC)COCC. The number of ether oxygens (including phenoxy) is 1. The second-order valence-corrected chi connectivity index (χ2v) is 6.58. The average Bonchev–Trinajstić information content (AvgIpc) is 2.45. The first-order valence-corrected chi connectivity index (χ1v) is 8.89. The zero-order valence-corrected chi connectivity index (χ0v) is 13.2. The highest BCUT2D eigenvalue weighted by molar-refractivity contribution is 6.51. The molecule has 0 aliphatic heterocycles. The van der Waals surface area contributed by atoms with Crippen molar-refractivity contribution in [3.63, 3.8) is 0 Å². The van der Waals surface area contributed by atoms with Gasteiger partial charge in [0, 0.05) is 13.2 Å². The summed E-state index contributed by atoms with van der Waals surface area (Å²) in [5.74, 6) is 0. The van der Waals surface area contributed by atoms with Crippen LogP contribution in [0.2, 0.25) is 6.04 Å². The van der Waals surface area contributed by atoms with Crippen LogP contribution in [0.15, 0.2) is 30.8 Å². The molecule has 0 amide bonds. The summed E-state index contributed by atoms with van der Waals surface area (Å²) in [6, 6.07) is 9.52. The molecule has 0 saturated carbocycles. The molecule has 2 nitrogen and oxygen atoms in total. The lowest BCUT2D eigenvalue weighted by Crippen LogP contribution is -2.26. The van der Waals surface area contributed by atoms with Gasteiger partial charge in [0.1, 0.15) is 0 Å². The van der Waals surface area contributed by atoms with Crippen molar-refractivity contribution in [3.05, 3.63) is 42.0 Å². The quantitative estimate of drug-likeness (QED) is 0.605. The molecule has 0 aromatic heterocycles. The summed E-state index contributed by atoms with van der Waals surface area (Å²) in [6.45, 7) is 9.65. The third kappa shape index (κ3) is 6.19. The van der Waals surface area contributed by atoms with Gasteiger partial charge in [-0.25, -0.2) is 0 Å². The predicted octanol–water partition coefficient (Wildman–Crippen LogP) is 3.87. The molecule has 105 valence electrons. The Kier molecular flexibility index (Phi) is 8.46. The van der Waals surface area contributed by atoms with Gasteiger partial charge in [0.2, 0.25) is 9.04 Å². The third-order valence-electron chi connectivity index (χ3n) is 2.95. The molecule has 0 atom stereocenters. The molecule has 0 fully saturated rings. The van der Waals surface area contributed by atoms with Crippen molar-refractivity contribution in [2.45, 2.75) is 32.7 Å². The summed E-state index contributed by atoms with van der Waals surface area (Å²) < 4.78 is 11.5. The minimum atomic E-state index is -0.795.